The molecular formula is C12H11BrN4OS. The van der Waals surface area contributed by atoms with E-state index in [2.05, 4.69) is 31.2 Å². The number of aryl methyl sites for hydroxylation is 1. The highest BCUT2D eigenvalue weighted by molar-refractivity contribution is 9.10. The molecule has 0 fully saturated rings. The van der Waals surface area contributed by atoms with Crippen LogP contribution in [0.25, 0.3) is 10.7 Å². The van der Waals surface area contributed by atoms with Crippen LogP contribution in [0.1, 0.15) is 24.6 Å². The van der Waals surface area contributed by atoms with Gasteiger partial charge in [-0.3, -0.25) is 4.68 Å². The van der Waals surface area contributed by atoms with E-state index >= 15 is 0 Å². The summed E-state index contributed by atoms with van der Waals surface area (Å²) >= 11 is 5.03. The van der Waals surface area contributed by atoms with Gasteiger partial charge in [0.1, 0.15) is 6.04 Å². The standard InChI is InChI=1S/C12H11BrN4OS/c1-7-9(13)6-17(15-7)8(2)12-14-11(16-18-12)10-4-3-5-19-10/h3-6,8H,1-2H3. The lowest BCUT2D eigenvalue weighted by atomic mass is 10.3. The Morgan fingerprint density at radius 2 is 2.32 bits per heavy atom. The average molecular weight is 339 g/mol. The van der Waals surface area contributed by atoms with Crippen molar-refractivity contribution in [3.05, 3.63) is 39.8 Å². The Bertz CT molecular complexity index is 669. The Labute approximate surface area is 122 Å². The lowest BCUT2D eigenvalue weighted by Gasteiger charge is -2.05. The Morgan fingerprint density at radius 3 is 2.95 bits per heavy atom. The highest BCUT2D eigenvalue weighted by atomic mass is 79.9. The Kier molecular flexibility index (Phi) is 3.24. The normalized spacial score (nSPS) is 12.8. The Balaban J connectivity index is 1.90. The molecule has 3 heterocycles. The third kappa shape index (κ3) is 2.35. The van der Waals surface area contributed by atoms with Crippen molar-refractivity contribution in [3.63, 3.8) is 0 Å². The second kappa shape index (κ2) is 4.90. The van der Waals surface area contributed by atoms with E-state index < -0.39 is 0 Å². The third-order valence-corrected chi connectivity index (χ3v) is 4.44. The van der Waals surface area contributed by atoms with E-state index in [1.165, 1.54) is 0 Å². The largest absolute Gasteiger partial charge is 0.337 e. The molecule has 0 bridgehead atoms. The Hall–Kier alpha value is -1.47. The minimum atomic E-state index is -0.0915. The number of rotatable bonds is 3. The molecule has 0 spiro atoms. The smallest absolute Gasteiger partial charge is 0.251 e. The van der Waals surface area contributed by atoms with Gasteiger partial charge >= 0.3 is 0 Å². The summed E-state index contributed by atoms with van der Waals surface area (Å²) in [6.07, 6.45) is 1.91. The fourth-order valence-corrected chi connectivity index (χ4v) is 2.62. The van der Waals surface area contributed by atoms with Gasteiger partial charge in [-0.1, -0.05) is 11.2 Å². The van der Waals surface area contributed by atoms with Gasteiger partial charge in [0, 0.05) is 6.20 Å². The number of hydrogen-bond acceptors (Lipinski definition) is 5. The molecule has 0 aliphatic carbocycles. The molecule has 0 aliphatic heterocycles. The van der Waals surface area contributed by atoms with Crippen LogP contribution in [0.5, 0.6) is 0 Å². The average Bonchev–Trinajstić information content (AvgIpc) is 3.09. The van der Waals surface area contributed by atoms with E-state index in [1.807, 2.05) is 42.2 Å². The molecule has 3 aromatic rings. The van der Waals surface area contributed by atoms with E-state index in [9.17, 15) is 0 Å². The number of nitrogens with zero attached hydrogens (tertiary/aromatic N) is 4. The van der Waals surface area contributed by atoms with Crippen LogP contribution in [0.4, 0.5) is 0 Å². The molecule has 5 nitrogen and oxygen atoms in total. The van der Waals surface area contributed by atoms with E-state index in [0.717, 1.165) is 15.0 Å². The van der Waals surface area contributed by atoms with Crippen LogP contribution in [-0.4, -0.2) is 19.9 Å². The molecular weight excluding hydrogens is 328 g/mol. The fraction of sp³-hybridized carbons (Fsp3) is 0.250. The van der Waals surface area contributed by atoms with Crippen LogP contribution in [-0.2, 0) is 0 Å². The van der Waals surface area contributed by atoms with Gasteiger partial charge in [0.05, 0.1) is 15.0 Å². The van der Waals surface area contributed by atoms with Gasteiger partial charge in [0.15, 0.2) is 0 Å². The monoisotopic (exact) mass is 338 g/mol. The minimum absolute atomic E-state index is 0.0915. The first-order valence-electron chi connectivity index (χ1n) is 5.74. The molecule has 0 saturated heterocycles. The van der Waals surface area contributed by atoms with Crippen LogP contribution >= 0.6 is 27.3 Å². The third-order valence-electron chi connectivity index (χ3n) is 2.79. The first-order chi connectivity index (χ1) is 9.15. The van der Waals surface area contributed by atoms with Crippen molar-refractivity contribution in [2.24, 2.45) is 0 Å². The molecule has 7 heteroatoms. The highest BCUT2D eigenvalue weighted by Crippen LogP contribution is 2.25. The molecule has 0 saturated carbocycles. The van der Waals surface area contributed by atoms with Gasteiger partial charge < -0.3 is 4.52 Å². The predicted octanol–water partition coefficient (Wildman–Crippen LogP) is 3.67. The summed E-state index contributed by atoms with van der Waals surface area (Å²) in [6.45, 7) is 3.92. The van der Waals surface area contributed by atoms with Gasteiger partial charge in [-0.15, -0.1) is 11.3 Å². The predicted molar refractivity (Wildman–Crippen MR) is 76.1 cm³/mol. The Morgan fingerprint density at radius 1 is 1.47 bits per heavy atom. The van der Waals surface area contributed by atoms with E-state index in [1.54, 1.807) is 11.3 Å². The van der Waals surface area contributed by atoms with Gasteiger partial charge in [0.25, 0.3) is 5.89 Å². The molecule has 0 amide bonds. The molecule has 19 heavy (non-hydrogen) atoms. The molecule has 3 rings (SSSR count). The topological polar surface area (TPSA) is 56.7 Å². The number of aromatic nitrogens is 4. The number of thiophene rings is 1. The van der Waals surface area contributed by atoms with E-state index in [4.69, 9.17) is 4.52 Å². The second-order valence-corrected chi connectivity index (χ2v) is 5.95. The molecule has 3 aromatic heterocycles. The van der Waals surface area contributed by atoms with Gasteiger partial charge in [0.2, 0.25) is 5.82 Å². The van der Waals surface area contributed by atoms with Crippen molar-refractivity contribution in [2.75, 3.05) is 0 Å². The first-order valence-corrected chi connectivity index (χ1v) is 7.41. The van der Waals surface area contributed by atoms with Crippen molar-refractivity contribution in [2.45, 2.75) is 19.9 Å². The second-order valence-electron chi connectivity index (χ2n) is 4.15. The van der Waals surface area contributed by atoms with Crippen molar-refractivity contribution in [1.29, 1.82) is 0 Å². The first kappa shape index (κ1) is 12.6. The summed E-state index contributed by atoms with van der Waals surface area (Å²) in [5.41, 5.74) is 0.935. The molecule has 0 radical (unpaired) electrons. The maximum atomic E-state index is 5.32. The van der Waals surface area contributed by atoms with Crippen molar-refractivity contribution in [3.8, 4) is 10.7 Å². The van der Waals surface area contributed by atoms with Crippen LogP contribution in [0.3, 0.4) is 0 Å². The summed E-state index contributed by atoms with van der Waals surface area (Å²) in [5.74, 6) is 1.18. The SMILES string of the molecule is Cc1nn(C(C)c2nc(-c3cccs3)no2)cc1Br. The van der Waals surface area contributed by atoms with E-state index in [-0.39, 0.29) is 6.04 Å². The highest BCUT2D eigenvalue weighted by Gasteiger charge is 2.18. The molecule has 1 unspecified atom stereocenters. The summed E-state index contributed by atoms with van der Waals surface area (Å²) in [5, 5.41) is 10.4. The summed E-state index contributed by atoms with van der Waals surface area (Å²) in [4.78, 5) is 5.42. The number of halogens is 1. The van der Waals surface area contributed by atoms with Crippen LogP contribution in [0, 0.1) is 6.92 Å². The zero-order valence-corrected chi connectivity index (χ0v) is 12.8. The zero-order chi connectivity index (χ0) is 13.4. The molecule has 1 atom stereocenters. The van der Waals surface area contributed by atoms with Crippen molar-refractivity contribution < 1.29 is 4.52 Å². The summed E-state index contributed by atoms with van der Waals surface area (Å²) in [6, 6.07) is 3.85. The zero-order valence-electron chi connectivity index (χ0n) is 10.4. The molecule has 98 valence electrons. The fourth-order valence-electron chi connectivity index (χ4n) is 1.68. The molecule has 0 aliphatic rings. The van der Waals surface area contributed by atoms with Crippen LogP contribution in [0.2, 0.25) is 0 Å². The van der Waals surface area contributed by atoms with Gasteiger partial charge in [-0.05, 0) is 41.2 Å². The maximum absolute atomic E-state index is 5.32. The van der Waals surface area contributed by atoms with Crippen molar-refractivity contribution in [1.82, 2.24) is 19.9 Å². The number of hydrogen-bond donors (Lipinski definition) is 0. The van der Waals surface area contributed by atoms with Gasteiger partial charge in [-0.25, -0.2) is 0 Å². The molecule has 0 aromatic carbocycles. The van der Waals surface area contributed by atoms with Gasteiger partial charge in [-0.2, -0.15) is 10.1 Å². The lowest BCUT2D eigenvalue weighted by molar-refractivity contribution is 0.336. The lowest BCUT2D eigenvalue weighted by Crippen LogP contribution is -2.07. The quantitative estimate of drug-likeness (QED) is 0.730. The van der Waals surface area contributed by atoms with Crippen LogP contribution < -0.4 is 0 Å². The minimum Gasteiger partial charge on any atom is -0.337 e. The summed E-state index contributed by atoms with van der Waals surface area (Å²) < 4.78 is 8.10. The summed E-state index contributed by atoms with van der Waals surface area (Å²) in [7, 11) is 0. The molecule has 0 N–H and O–H groups in total. The maximum Gasteiger partial charge on any atom is 0.251 e. The van der Waals surface area contributed by atoms with Crippen molar-refractivity contribution >= 4 is 27.3 Å². The van der Waals surface area contributed by atoms with Crippen LogP contribution in [0.15, 0.2) is 32.7 Å². The van der Waals surface area contributed by atoms with E-state index in [0.29, 0.717) is 11.7 Å².